The molecule has 0 fully saturated rings. The molecule has 4 rings (SSSR count). The number of hydrogen-bond donors (Lipinski definition) is 1. The van der Waals surface area contributed by atoms with Crippen molar-refractivity contribution in [3.63, 3.8) is 0 Å². The molecule has 1 heterocycles. The second-order valence-corrected chi connectivity index (χ2v) is 7.08. The molecule has 0 radical (unpaired) electrons. The minimum absolute atomic E-state index is 0.00488. The van der Waals surface area contributed by atoms with Gasteiger partial charge in [-0.15, -0.1) is 0 Å². The van der Waals surface area contributed by atoms with E-state index >= 15 is 0 Å². The Bertz CT molecular complexity index is 1050. The first kappa shape index (κ1) is 18.9. The number of carbonyl (C=O) groups excluding carboxylic acids is 1. The van der Waals surface area contributed by atoms with E-state index in [0.717, 1.165) is 28.4 Å². The zero-order valence-corrected chi connectivity index (χ0v) is 16.7. The maximum atomic E-state index is 12.9. The third-order valence-corrected chi connectivity index (χ3v) is 5.23. The second kappa shape index (κ2) is 7.91. The number of anilines is 2. The molecule has 0 saturated carbocycles. The van der Waals surface area contributed by atoms with Crippen LogP contribution in [0.25, 0.3) is 0 Å². The minimum Gasteiger partial charge on any atom is -0.497 e. The summed E-state index contributed by atoms with van der Waals surface area (Å²) in [4.78, 5) is 22.1. The number of aromatic nitrogens is 2. The smallest absolute Gasteiger partial charge is 0.227 e. The van der Waals surface area contributed by atoms with E-state index in [1.54, 1.807) is 14.2 Å². The normalized spacial score (nSPS) is 15.6. The van der Waals surface area contributed by atoms with Gasteiger partial charge in [-0.3, -0.25) is 4.79 Å². The van der Waals surface area contributed by atoms with Crippen molar-refractivity contribution in [3.05, 3.63) is 71.0 Å². The first-order valence-electron chi connectivity index (χ1n) is 9.53. The van der Waals surface area contributed by atoms with Crippen molar-refractivity contribution in [2.45, 2.75) is 25.7 Å². The van der Waals surface area contributed by atoms with Gasteiger partial charge in [0.1, 0.15) is 11.5 Å². The monoisotopic (exact) mass is 389 g/mol. The van der Waals surface area contributed by atoms with Crippen LogP contribution in [0.4, 0.5) is 11.6 Å². The van der Waals surface area contributed by atoms with E-state index < -0.39 is 0 Å². The number of Topliss-reactive ketones (excluding diaryl/α,β-unsaturated/α-hetero) is 1. The summed E-state index contributed by atoms with van der Waals surface area (Å²) in [5.74, 6) is 2.01. The number of ether oxygens (including phenoxy) is 2. The van der Waals surface area contributed by atoms with E-state index in [9.17, 15) is 4.79 Å². The van der Waals surface area contributed by atoms with E-state index in [1.807, 2.05) is 55.5 Å². The summed E-state index contributed by atoms with van der Waals surface area (Å²) >= 11 is 0. The highest BCUT2D eigenvalue weighted by Crippen LogP contribution is 2.39. The quantitative estimate of drug-likeness (QED) is 0.695. The molecule has 1 aliphatic carbocycles. The van der Waals surface area contributed by atoms with Crippen molar-refractivity contribution >= 4 is 17.4 Å². The molecule has 148 valence electrons. The summed E-state index contributed by atoms with van der Waals surface area (Å²) in [5, 5.41) is 3.23. The molecular weight excluding hydrogens is 366 g/mol. The van der Waals surface area contributed by atoms with Crippen LogP contribution in [0.15, 0.2) is 48.5 Å². The van der Waals surface area contributed by atoms with E-state index in [1.165, 1.54) is 0 Å². The average molecular weight is 389 g/mol. The number of nitrogens with zero attached hydrogens (tertiary/aromatic N) is 2. The highest BCUT2D eigenvalue weighted by atomic mass is 16.5. The fourth-order valence-electron chi connectivity index (χ4n) is 3.86. The lowest BCUT2D eigenvalue weighted by Crippen LogP contribution is -2.23. The Hall–Kier alpha value is -3.41. The van der Waals surface area contributed by atoms with Crippen LogP contribution in [-0.4, -0.2) is 30.0 Å². The lowest BCUT2D eigenvalue weighted by Gasteiger charge is -2.26. The average Bonchev–Trinajstić information content (AvgIpc) is 2.73. The number of rotatable bonds is 5. The van der Waals surface area contributed by atoms with E-state index in [4.69, 9.17) is 9.47 Å². The van der Waals surface area contributed by atoms with Crippen LogP contribution in [0.5, 0.6) is 11.5 Å². The summed E-state index contributed by atoms with van der Waals surface area (Å²) in [6.45, 7) is 1.86. The Morgan fingerprint density at radius 2 is 1.79 bits per heavy atom. The first-order valence-corrected chi connectivity index (χ1v) is 9.53. The van der Waals surface area contributed by atoms with Gasteiger partial charge in [0.15, 0.2) is 5.78 Å². The van der Waals surface area contributed by atoms with Gasteiger partial charge in [0, 0.05) is 24.1 Å². The van der Waals surface area contributed by atoms with Crippen molar-refractivity contribution in [2.75, 3.05) is 19.5 Å². The zero-order chi connectivity index (χ0) is 20.4. The fourth-order valence-corrected chi connectivity index (χ4v) is 3.86. The van der Waals surface area contributed by atoms with Gasteiger partial charge >= 0.3 is 0 Å². The summed E-state index contributed by atoms with van der Waals surface area (Å²) in [5.41, 5.74) is 4.02. The first-order chi connectivity index (χ1) is 14.1. The van der Waals surface area contributed by atoms with Crippen LogP contribution < -0.4 is 14.8 Å². The molecule has 0 amide bonds. The molecule has 0 unspecified atom stereocenters. The van der Waals surface area contributed by atoms with Gasteiger partial charge in [-0.05, 0) is 37.1 Å². The van der Waals surface area contributed by atoms with Crippen LogP contribution in [0.3, 0.4) is 0 Å². The summed E-state index contributed by atoms with van der Waals surface area (Å²) in [6.07, 6.45) is 1.06. The van der Waals surface area contributed by atoms with Gasteiger partial charge in [-0.25, -0.2) is 9.97 Å². The van der Waals surface area contributed by atoms with Crippen molar-refractivity contribution in [2.24, 2.45) is 0 Å². The van der Waals surface area contributed by atoms with Gasteiger partial charge in [0.2, 0.25) is 5.95 Å². The highest BCUT2D eigenvalue weighted by Gasteiger charge is 2.31. The maximum Gasteiger partial charge on any atom is 0.227 e. The standard InChI is InChI=1S/C23H23N3O3/c1-14-22-19(26-23(24-14)25-16-7-5-4-6-8-16)11-15(12-20(22)27)18-10-9-17(28-2)13-21(18)29-3/h4-10,13,15H,11-12H2,1-3H3,(H,24,25,26)/t15-/m1/s1. The van der Waals surface area contributed by atoms with Crippen molar-refractivity contribution < 1.29 is 14.3 Å². The fraction of sp³-hybridized carbons (Fsp3) is 0.261. The molecule has 3 aromatic rings. The predicted molar refractivity (Wildman–Crippen MR) is 111 cm³/mol. The van der Waals surface area contributed by atoms with Gasteiger partial charge in [0.25, 0.3) is 0 Å². The largest absolute Gasteiger partial charge is 0.497 e. The molecule has 1 atom stereocenters. The molecule has 1 N–H and O–H groups in total. The molecule has 6 nitrogen and oxygen atoms in total. The number of benzene rings is 2. The zero-order valence-electron chi connectivity index (χ0n) is 16.7. The molecule has 0 spiro atoms. The molecule has 1 aromatic heterocycles. The topological polar surface area (TPSA) is 73.3 Å². The Balaban J connectivity index is 1.68. The third-order valence-electron chi connectivity index (χ3n) is 5.23. The molecule has 0 aliphatic heterocycles. The van der Waals surface area contributed by atoms with E-state index in [-0.39, 0.29) is 11.7 Å². The van der Waals surface area contributed by atoms with Crippen molar-refractivity contribution in [1.82, 2.24) is 9.97 Å². The number of hydrogen-bond acceptors (Lipinski definition) is 6. The Morgan fingerprint density at radius 1 is 1.00 bits per heavy atom. The van der Waals surface area contributed by atoms with Crippen LogP contribution in [0.1, 0.15) is 39.6 Å². The van der Waals surface area contributed by atoms with Crippen molar-refractivity contribution in [3.8, 4) is 11.5 Å². The minimum atomic E-state index is -0.00488. The number of para-hydroxylation sites is 1. The number of ketones is 1. The lowest BCUT2D eigenvalue weighted by molar-refractivity contribution is 0.0961. The van der Waals surface area contributed by atoms with Crippen LogP contribution in [0.2, 0.25) is 0 Å². The molecule has 0 saturated heterocycles. The van der Waals surface area contributed by atoms with E-state index in [0.29, 0.717) is 30.0 Å². The number of aryl methyl sites for hydroxylation is 1. The third kappa shape index (κ3) is 3.78. The van der Waals surface area contributed by atoms with Gasteiger partial charge in [-0.2, -0.15) is 0 Å². The van der Waals surface area contributed by atoms with Gasteiger partial charge in [0.05, 0.1) is 31.2 Å². The SMILES string of the molecule is COc1ccc([C@H]2CC(=O)c3c(C)nc(Nc4ccccc4)nc3C2)c(OC)c1. The second-order valence-electron chi connectivity index (χ2n) is 7.08. The number of carbonyl (C=O) groups is 1. The summed E-state index contributed by atoms with van der Waals surface area (Å²) < 4.78 is 10.8. The number of methoxy groups -OCH3 is 2. The van der Waals surface area contributed by atoms with Crippen LogP contribution in [0, 0.1) is 6.92 Å². The van der Waals surface area contributed by atoms with Crippen LogP contribution >= 0.6 is 0 Å². The van der Waals surface area contributed by atoms with Crippen LogP contribution in [-0.2, 0) is 6.42 Å². The number of nitrogens with one attached hydrogen (secondary N) is 1. The molecular formula is C23H23N3O3. The summed E-state index contributed by atoms with van der Waals surface area (Å²) in [6, 6.07) is 15.5. The maximum absolute atomic E-state index is 12.9. The number of fused-ring (bicyclic) bond motifs is 1. The van der Waals surface area contributed by atoms with E-state index in [2.05, 4.69) is 15.3 Å². The lowest BCUT2D eigenvalue weighted by atomic mass is 9.81. The summed E-state index contributed by atoms with van der Waals surface area (Å²) in [7, 11) is 3.25. The Kier molecular flexibility index (Phi) is 5.16. The highest BCUT2D eigenvalue weighted by molar-refractivity contribution is 6.00. The molecule has 1 aliphatic rings. The molecule has 6 heteroatoms. The Labute approximate surface area is 169 Å². The van der Waals surface area contributed by atoms with Gasteiger partial charge in [-0.1, -0.05) is 24.3 Å². The van der Waals surface area contributed by atoms with Gasteiger partial charge < -0.3 is 14.8 Å². The molecule has 0 bridgehead atoms. The molecule has 2 aromatic carbocycles. The Morgan fingerprint density at radius 3 is 2.52 bits per heavy atom. The molecule has 29 heavy (non-hydrogen) atoms. The van der Waals surface area contributed by atoms with Crippen molar-refractivity contribution in [1.29, 1.82) is 0 Å². The predicted octanol–water partition coefficient (Wildman–Crippen LogP) is 4.46.